The molecule has 2 aromatic heterocycles. The lowest BCUT2D eigenvalue weighted by molar-refractivity contribution is -0.157. The highest BCUT2D eigenvalue weighted by Gasteiger charge is 2.33. The van der Waals surface area contributed by atoms with Crippen LogP contribution in [0.4, 0.5) is 0 Å². The van der Waals surface area contributed by atoms with Crippen LogP contribution in [0, 0.1) is 0 Å². The Hall–Kier alpha value is -3.07. The van der Waals surface area contributed by atoms with Gasteiger partial charge in [-0.3, -0.25) is 14.6 Å². The first-order chi connectivity index (χ1) is 16.4. The average molecular weight is 461 g/mol. The summed E-state index contributed by atoms with van der Waals surface area (Å²) in [6.07, 6.45) is -1.44. The minimum atomic E-state index is -1.44. The van der Waals surface area contributed by atoms with Crippen molar-refractivity contribution in [2.75, 3.05) is 26.2 Å². The summed E-state index contributed by atoms with van der Waals surface area (Å²) in [5, 5.41) is 11.4. The van der Waals surface area contributed by atoms with Crippen LogP contribution >= 0.6 is 0 Å². The van der Waals surface area contributed by atoms with Gasteiger partial charge in [0.1, 0.15) is 6.61 Å². The Morgan fingerprint density at radius 1 is 1.15 bits per heavy atom. The second-order valence-corrected chi connectivity index (χ2v) is 9.75. The lowest BCUT2D eigenvalue weighted by Crippen LogP contribution is -2.48. The zero-order valence-corrected chi connectivity index (χ0v) is 19.5. The van der Waals surface area contributed by atoms with E-state index in [0.29, 0.717) is 29.4 Å². The Labute approximate surface area is 197 Å². The summed E-state index contributed by atoms with van der Waals surface area (Å²) in [5.41, 5.74) is 4.92. The van der Waals surface area contributed by atoms with Gasteiger partial charge in [-0.2, -0.15) is 0 Å². The molecule has 3 aliphatic rings. The van der Waals surface area contributed by atoms with Crippen molar-refractivity contribution in [3.05, 3.63) is 62.9 Å². The van der Waals surface area contributed by atoms with Crippen molar-refractivity contribution in [3.8, 4) is 11.4 Å². The van der Waals surface area contributed by atoms with Gasteiger partial charge in [-0.1, -0.05) is 12.1 Å². The third-order valence-corrected chi connectivity index (χ3v) is 7.44. The molecule has 1 saturated heterocycles. The molecule has 1 unspecified atom stereocenters. The van der Waals surface area contributed by atoms with Crippen molar-refractivity contribution in [2.45, 2.75) is 45.7 Å². The van der Waals surface area contributed by atoms with Gasteiger partial charge in [-0.15, -0.1) is 0 Å². The number of carbonyl (C=O) groups is 1. The van der Waals surface area contributed by atoms with Crippen LogP contribution in [-0.2, 0) is 29.2 Å². The fourth-order valence-electron chi connectivity index (χ4n) is 5.43. The first-order valence-corrected chi connectivity index (χ1v) is 11.9. The van der Waals surface area contributed by atoms with Gasteiger partial charge in [-0.25, -0.2) is 9.78 Å². The van der Waals surface area contributed by atoms with Crippen molar-refractivity contribution in [1.29, 1.82) is 0 Å². The van der Waals surface area contributed by atoms with Gasteiger partial charge < -0.3 is 14.4 Å². The predicted octanol–water partition coefficient (Wildman–Crippen LogP) is 2.04. The zero-order valence-electron chi connectivity index (χ0n) is 19.5. The molecule has 5 heterocycles. The molecule has 3 aliphatic heterocycles. The normalized spacial score (nSPS) is 20.4. The number of esters is 1. The van der Waals surface area contributed by atoms with E-state index in [9.17, 15) is 14.7 Å². The fourth-order valence-corrected chi connectivity index (χ4v) is 5.43. The summed E-state index contributed by atoms with van der Waals surface area (Å²) >= 11 is 0. The summed E-state index contributed by atoms with van der Waals surface area (Å²) in [5.74, 6) is -0.722. The van der Waals surface area contributed by atoms with Gasteiger partial charge >= 0.3 is 5.97 Å². The molecule has 8 heteroatoms. The van der Waals surface area contributed by atoms with Crippen molar-refractivity contribution < 1.29 is 14.6 Å². The Bertz CT molecular complexity index is 1370. The highest BCUT2D eigenvalue weighted by molar-refractivity contribution is 5.87. The molecule has 0 amide bonds. The van der Waals surface area contributed by atoms with Crippen molar-refractivity contribution in [1.82, 2.24) is 19.4 Å². The number of carbonyl (C=O) groups excluding carboxylic acids is 1. The maximum Gasteiger partial charge on any atom is 0.340 e. The van der Waals surface area contributed by atoms with Gasteiger partial charge in [0, 0.05) is 55.3 Å². The predicted molar refractivity (Wildman–Crippen MR) is 127 cm³/mol. The van der Waals surface area contributed by atoms with Gasteiger partial charge in [0.25, 0.3) is 5.56 Å². The first-order valence-electron chi connectivity index (χ1n) is 11.9. The highest BCUT2D eigenvalue weighted by Crippen LogP contribution is 2.36. The number of aliphatic hydroxyl groups is 1. The standard InChI is InChI=1S/C26H28N4O4/c1-15(2)29-8-6-28(7-9-29)12-16-4-3-5-21-18(16)10-17-13-30-22(23(17)27-21)11-19-20(25(30)32)14-34-26(33)24(19)31/h3-5,10-11,15,24,31H,6-9,12-14H2,1-2H3. The molecular formula is C26H28N4O4. The molecule has 1 atom stereocenters. The summed E-state index contributed by atoms with van der Waals surface area (Å²) in [7, 11) is 0. The minimum Gasteiger partial charge on any atom is -0.458 e. The fraction of sp³-hybridized carbons (Fsp3) is 0.423. The average Bonchev–Trinajstić information content (AvgIpc) is 3.19. The van der Waals surface area contributed by atoms with Crippen LogP contribution in [0.5, 0.6) is 0 Å². The zero-order chi connectivity index (χ0) is 23.6. The van der Waals surface area contributed by atoms with Crippen LogP contribution in [0.3, 0.4) is 0 Å². The van der Waals surface area contributed by atoms with Crippen LogP contribution in [-0.4, -0.2) is 62.6 Å². The van der Waals surface area contributed by atoms with Crippen molar-refractivity contribution in [2.24, 2.45) is 0 Å². The number of benzene rings is 1. The highest BCUT2D eigenvalue weighted by atomic mass is 16.5. The summed E-state index contributed by atoms with van der Waals surface area (Å²) in [6.45, 7) is 9.93. The van der Waals surface area contributed by atoms with Crippen LogP contribution < -0.4 is 5.56 Å². The molecule has 0 saturated carbocycles. The van der Waals surface area contributed by atoms with E-state index in [1.54, 1.807) is 10.6 Å². The summed E-state index contributed by atoms with van der Waals surface area (Å²) in [4.78, 5) is 34.9. The van der Waals surface area contributed by atoms with Crippen molar-refractivity contribution >= 4 is 16.9 Å². The Morgan fingerprint density at radius 2 is 1.94 bits per heavy atom. The SMILES string of the molecule is CC(C)N1CCN(Cc2cccc3nc4c(cc23)Cn2c-4cc3c(c2=O)COC(=O)C3O)CC1. The van der Waals surface area contributed by atoms with E-state index in [4.69, 9.17) is 9.72 Å². The molecule has 0 radical (unpaired) electrons. The lowest BCUT2D eigenvalue weighted by atomic mass is 10.00. The molecule has 8 nitrogen and oxygen atoms in total. The van der Waals surface area contributed by atoms with E-state index in [1.807, 2.05) is 12.1 Å². The third-order valence-electron chi connectivity index (χ3n) is 7.44. The Kier molecular flexibility index (Phi) is 5.05. The minimum absolute atomic E-state index is 0.107. The Morgan fingerprint density at radius 3 is 2.71 bits per heavy atom. The molecule has 0 aliphatic carbocycles. The number of hydrogen-bond acceptors (Lipinski definition) is 7. The number of ether oxygens (including phenoxy) is 1. The lowest BCUT2D eigenvalue weighted by Gasteiger charge is -2.37. The molecule has 1 aromatic carbocycles. The van der Waals surface area contributed by atoms with Crippen LogP contribution in [0.15, 0.2) is 35.1 Å². The van der Waals surface area contributed by atoms with Gasteiger partial charge in [0.15, 0.2) is 6.10 Å². The number of aromatic nitrogens is 2. The van der Waals surface area contributed by atoms with Crippen LogP contribution in [0.25, 0.3) is 22.3 Å². The molecular weight excluding hydrogens is 432 g/mol. The second-order valence-electron chi connectivity index (χ2n) is 9.75. The molecule has 0 bridgehead atoms. The molecule has 6 rings (SSSR count). The summed E-state index contributed by atoms with van der Waals surface area (Å²) in [6, 6.07) is 10.7. The van der Waals surface area contributed by atoms with E-state index < -0.39 is 12.1 Å². The topological polar surface area (TPSA) is 87.9 Å². The van der Waals surface area contributed by atoms with Crippen molar-refractivity contribution in [3.63, 3.8) is 0 Å². The smallest absolute Gasteiger partial charge is 0.340 e. The number of rotatable bonds is 3. The number of cyclic esters (lactones) is 1. The van der Waals surface area contributed by atoms with Crippen LogP contribution in [0.1, 0.15) is 42.2 Å². The Balaban J connectivity index is 1.36. The monoisotopic (exact) mass is 460 g/mol. The molecule has 34 heavy (non-hydrogen) atoms. The van der Waals surface area contributed by atoms with E-state index >= 15 is 0 Å². The largest absolute Gasteiger partial charge is 0.458 e. The summed E-state index contributed by atoms with van der Waals surface area (Å²) < 4.78 is 6.65. The number of piperazine rings is 1. The second kappa shape index (κ2) is 8.01. The maximum atomic E-state index is 13.1. The number of fused-ring (bicyclic) bond motifs is 5. The molecule has 1 fully saturated rings. The van der Waals surface area contributed by atoms with Gasteiger partial charge in [0.05, 0.1) is 29.0 Å². The molecule has 0 spiro atoms. The molecule has 3 aromatic rings. The molecule has 176 valence electrons. The van der Waals surface area contributed by atoms with Crippen LogP contribution in [0.2, 0.25) is 0 Å². The van der Waals surface area contributed by atoms with Gasteiger partial charge in [-0.05, 0) is 37.6 Å². The van der Waals surface area contributed by atoms with E-state index in [-0.39, 0.29) is 12.2 Å². The third kappa shape index (κ3) is 3.36. The quantitative estimate of drug-likeness (QED) is 0.468. The molecule has 1 N–H and O–H groups in total. The number of hydrogen-bond donors (Lipinski definition) is 1. The van der Waals surface area contributed by atoms with E-state index in [1.165, 1.54) is 5.56 Å². The van der Waals surface area contributed by atoms with Gasteiger partial charge in [0.2, 0.25) is 0 Å². The number of aliphatic hydroxyl groups excluding tert-OH is 1. The number of pyridine rings is 2. The number of nitrogens with zero attached hydrogens (tertiary/aromatic N) is 4. The van der Waals surface area contributed by atoms with E-state index in [2.05, 4.69) is 35.8 Å². The first kappa shape index (κ1) is 21.5. The maximum absolute atomic E-state index is 13.1. The van der Waals surface area contributed by atoms with E-state index in [0.717, 1.165) is 54.9 Å².